The van der Waals surface area contributed by atoms with Crippen LogP contribution in [0.1, 0.15) is 11.1 Å². The van der Waals surface area contributed by atoms with Crippen LogP contribution in [0.5, 0.6) is 0 Å². The van der Waals surface area contributed by atoms with E-state index in [2.05, 4.69) is 20.8 Å². The third kappa shape index (κ3) is 5.41. The van der Waals surface area contributed by atoms with Crippen molar-refractivity contribution in [3.8, 4) is 0 Å². The Morgan fingerprint density at radius 2 is 2.07 bits per heavy atom. The zero-order valence-electron chi connectivity index (χ0n) is 14.5. The zero-order valence-corrected chi connectivity index (χ0v) is 16.9. The summed E-state index contributed by atoms with van der Waals surface area (Å²) < 4.78 is 13.8. The lowest BCUT2D eigenvalue weighted by atomic mass is 10.1. The number of nitrogens with one attached hydrogen (secondary N) is 2. The second-order valence-electron chi connectivity index (χ2n) is 5.78. The number of anilines is 3. The highest BCUT2D eigenvalue weighted by Gasteiger charge is 2.12. The van der Waals surface area contributed by atoms with Crippen molar-refractivity contribution in [1.29, 1.82) is 0 Å². The number of halogens is 2. The Kier molecular flexibility index (Phi) is 6.30. The molecule has 0 aliphatic rings. The molecule has 1 aromatic heterocycles. The van der Waals surface area contributed by atoms with Crippen molar-refractivity contribution < 1.29 is 9.18 Å². The van der Waals surface area contributed by atoms with Gasteiger partial charge in [0.05, 0.1) is 16.5 Å². The van der Waals surface area contributed by atoms with Crippen molar-refractivity contribution in [3.63, 3.8) is 0 Å². The van der Waals surface area contributed by atoms with Crippen LogP contribution in [0.15, 0.2) is 40.7 Å². The number of aryl methyl sites for hydroxylation is 2. The van der Waals surface area contributed by atoms with Crippen LogP contribution >= 0.6 is 34.7 Å². The quantitative estimate of drug-likeness (QED) is 0.519. The maximum absolute atomic E-state index is 13.2. The molecule has 0 saturated heterocycles. The van der Waals surface area contributed by atoms with Crippen LogP contribution in [0.4, 0.5) is 20.9 Å². The molecule has 0 bridgehead atoms. The van der Waals surface area contributed by atoms with Crippen LogP contribution in [-0.2, 0) is 4.79 Å². The van der Waals surface area contributed by atoms with Gasteiger partial charge in [0.25, 0.3) is 0 Å². The smallest absolute Gasteiger partial charge is 0.234 e. The van der Waals surface area contributed by atoms with Crippen molar-refractivity contribution in [2.45, 2.75) is 18.2 Å². The number of carbonyl (C=O) groups is 1. The summed E-state index contributed by atoms with van der Waals surface area (Å²) in [5.41, 5.74) is 3.16. The van der Waals surface area contributed by atoms with Gasteiger partial charge in [0.1, 0.15) is 5.82 Å². The van der Waals surface area contributed by atoms with Gasteiger partial charge in [-0.3, -0.25) is 4.79 Å². The molecule has 0 aliphatic heterocycles. The maximum Gasteiger partial charge on any atom is 0.234 e. The van der Waals surface area contributed by atoms with Crippen molar-refractivity contribution >= 4 is 57.1 Å². The highest BCUT2D eigenvalue weighted by atomic mass is 35.5. The van der Waals surface area contributed by atoms with Crippen molar-refractivity contribution in [2.75, 3.05) is 16.4 Å². The highest BCUT2D eigenvalue weighted by molar-refractivity contribution is 8.01. The van der Waals surface area contributed by atoms with Gasteiger partial charge >= 0.3 is 0 Å². The van der Waals surface area contributed by atoms with E-state index in [0.29, 0.717) is 25.9 Å². The van der Waals surface area contributed by atoms with Crippen LogP contribution in [0, 0.1) is 19.7 Å². The van der Waals surface area contributed by atoms with E-state index < -0.39 is 0 Å². The summed E-state index contributed by atoms with van der Waals surface area (Å²) in [5, 5.41) is 14.9. The number of amides is 1. The van der Waals surface area contributed by atoms with Gasteiger partial charge in [0.2, 0.25) is 11.0 Å². The Morgan fingerprint density at radius 1 is 1.26 bits per heavy atom. The summed E-state index contributed by atoms with van der Waals surface area (Å²) in [6.07, 6.45) is 0. The Bertz CT molecular complexity index is 956. The fourth-order valence-electron chi connectivity index (χ4n) is 2.39. The fourth-order valence-corrected chi connectivity index (χ4v) is 4.33. The third-order valence-corrected chi connectivity index (χ3v) is 5.78. The third-order valence-electron chi connectivity index (χ3n) is 3.51. The molecule has 1 heterocycles. The molecule has 0 saturated carbocycles. The van der Waals surface area contributed by atoms with E-state index in [9.17, 15) is 9.18 Å². The monoisotopic (exact) mass is 422 g/mol. The second kappa shape index (κ2) is 8.69. The zero-order chi connectivity index (χ0) is 19.4. The molecule has 0 radical (unpaired) electrons. The van der Waals surface area contributed by atoms with Gasteiger partial charge in [-0.05, 0) is 49.2 Å². The van der Waals surface area contributed by atoms with E-state index in [4.69, 9.17) is 11.6 Å². The first-order valence-corrected chi connectivity index (χ1v) is 10.1. The summed E-state index contributed by atoms with van der Waals surface area (Å²) in [4.78, 5) is 12.2. The van der Waals surface area contributed by atoms with Crippen LogP contribution in [0.2, 0.25) is 5.02 Å². The topological polar surface area (TPSA) is 66.9 Å². The molecule has 1 amide bonds. The second-order valence-corrected chi connectivity index (χ2v) is 8.39. The first kappa shape index (κ1) is 19.6. The van der Waals surface area contributed by atoms with Crippen molar-refractivity contribution in [3.05, 3.63) is 58.4 Å². The number of nitrogens with zero attached hydrogens (tertiary/aromatic N) is 2. The fraction of sp³-hybridized carbons (Fsp3) is 0.167. The Balaban J connectivity index is 1.56. The first-order chi connectivity index (χ1) is 12.9. The molecule has 0 unspecified atom stereocenters. The van der Waals surface area contributed by atoms with Crippen LogP contribution in [-0.4, -0.2) is 21.9 Å². The molecule has 0 aliphatic carbocycles. The molecule has 5 nitrogen and oxygen atoms in total. The molecule has 140 valence electrons. The normalized spacial score (nSPS) is 10.7. The lowest BCUT2D eigenvalue weighted by molar-refractivity contribution is -0.113. The summed E-state index contributed by atoms with van der Waals surface area (Å²) in [7, 11) is 0. The number of hydrogen-bond acceptors (Lipinski definition) is 6. The van der Waals surface area contributed by atoms with Gasteiger partial charge in [-0.2, -0.15) is 0 Å². The van der Waals surface area contributed by atoms with E-state index in [-0.39, 0.29) is 17.5 Å². The number of thioether (sulfide) groups is 1. The number of benzene rings is 2. The van der Waals surface area contributed by atoms with Crippen LogP contribution in [0.3, 0.4) is 0 Å². The van der Waals surface area contributed by atoms with E-state index in [1.54, 1.807) is 12.1 Å². The summed E-state index contributed by atoms with van der Waals surface area (Å²) in [6.45, 7) is 3.85. The average Bonchev–Trinajstić information content (AvgIpc) is 3.03. The summed E-state index contributed by atoms with van der Waals surface area (Å²) in [6, 6.07) is 9.86. The molecule has 0 spiro atoms. The van der Waals surface area contributed by atoms with Gasteiger partial charge in [0, 0.05) is 5.69 Å². The molecule has 0 atom stereocenters. The average molecular weight is 423 g/mol. The molecule has 27 heavy (non-hydrogen) atoms. The number of rotatable bonds is 6. The van der Waals surface area contributed by atoms with Gasteiger partial charge in [0.15, 0.2) is 4.34 Å². The largest absolute Gasteiger partial charge is 0.330 e. The van der Waals surface area contributed by atoms with E-state index in [1.807, 2.05) is 26.0 Å². The van der Waals surface area contributed by atoms with E-state index in [1.165, 1.54) is 35.2 Å². The standard InChI is InChI=1S/C18H16ClFN4OS2/c1-10-6-11(2)16(14(19)7-10)22-15(25)9-26-18-24-23-17(27-18)21-13-5-3-4-12(20)8-13/h3-8H,9H2,1-2H3,(H,21,23)(H,22,25). The van der Waals surface area contributed by atoms with Crippen LogP contribution in [0.25, 0.3) is 0 Å². The molecule has 3 aromatic rings. The van der Waals surface area contributed by atoms with Gasteiger partial charge < -0.3 is 10.6 Å². The summed E-state index contributed by atoms with van der Waals surface area (Å²) >= 11 is 8.77. The molecular weight excluding hydrogens is 407 g/mol. The number of carbonyl (C=O) groups excluding carboxylic acids is 1. The summed E-state index contributed by atoms with van der Waals surface area (Å²) in [5.74, 6) is -0.331. The van der Waals surface area contributed by atoms with Gasteiger partial charge in [-0.25, -0.2) is 4.39 Å². The molecule has 2 aromatic carbocycles. The van der Waals surface area contributed by atoms with E-state index >= 15 is 0 Å². The molecule has 2 N–H and O–H groups in total. The SMILES string of the molecule is Cc1cc(C)c(NC(=O)CSc2nnc(Nc3cccc(F)c3)s2)c(Cl)c1. The lowest BCUT2D eigenvalue weighted by Gasteiger charge is -2.11. The minimum Gasteiger partial charge on any atom is -0.330 e. The Morgan fingerprint density at radius 3 is 2.81 bits per heavy atom. The van der Waals surface area contributed by atoms with Crippen molar-refractivity contribution in [1.82, 2.24) is 10.2 Å². The van der Waals surface area contributed by atoms with Crippen LogP contribution < -0.4 is 10.6 Å². The molecule has 0 fully saturated rings. The maximum atomic E-state index is 13.2. The van der Waals surface area contributed by atoms with E-state index in [0.717, 1.165) is 11.1 Å². The Hall–Kier alpha value is -2.16. The van der Waals surface area contributed by atoms with Gasteiger partial charge in [-0.15, -0.1) is 10.2 Å². The van der Waals surface area contributed by atoms with Crippen molar-refractivity contribution in [2.24, 2.45) is 0 Å². The first-order valence-electron chi connectivity index (χ1n) is 7.96. The predicted octanol–water partition coefficient (Wildman–Crippen LogP) is 5.42. The Labute approximate surface area is 169 Å². The molecule has 9 heteroatoms. The highest BCUT2D eigenvalue weighted by Crippen LogP contribution is 2.30. The molecule has 3 rings (SSSR count). The predicted molar refractivity (Wildman–Crippen MR) is 110 cm³/mol. The lowest BCUT2D eigenvalue weighted by Crippen LogP contribution is -2.15. The molecular formula is C18H16ClFN4OS2. The minimum absolute atomic E-state index is 0.177. The number of hydrogen-bond donors (Lipinski definition) is 2. The minimum atomic E-state index is -0.333. The number of aromatic nitrogens is 2. The van der Waals surface area contributed by atoms with Gasteiger partial charge in [-0.1, -0.05) is 46.8 Å².